The van der Waals surface area contributed by atoms with Gasteiger partial charge in [-0.3, -0.25) is 9.59 Å². The third kappa shape index (κ3) is 5.61. The smallest absolute Gasteiger partial charge is 0.246 e. The molecule has 4 rings (SSSR count). The zero-order valence-electron chi connectivity index (χ0n) is 16.9. The summed E-state index contributed by atoms with van der Waals surface area (Å²) in [5, 5.41) is 3.82. The molecule has 2 heterocycles. The number of hydrogen-bond acceptors (Lipinski definition) is 3. The normalized spacial score (nSPS) is 22.2. The lowest BCUT2D eigenvalue weighted by Gasteiger charge is -2.41. The van der Waals surface area contributed by atoms with E-state index >= 15 is 0 Å². The topological polar surface area (TPSA) is 52.7 Å². The first-order valence-electron chi connectivity index (χ1n) is 10.9. The molecule has 2 saturated heterocycles. The maximum absolute atomic E-state index is 12.5. The first kappa shape index (κ1) is 20.4. The molecule has 1 aromatic carbocycles. The Hall–Kier alpha value is -1.85. The summed E-state index contributed by atoms with van der Waals surface area (Å²) in [7, 11) is 0. The van der Waals surface area contributed by atoms with Crippen molar-refractivity contribution in [3.63, 3.8) is 0 Å². The van der Waals surface area contributed by atoms with Crippen molar-refractivity contribution in [3.05, 3.63) is 40.9 Å². The molecule has 5 nitrogen and oxygen atoms in total. The van der Waals surface area contributed by atoms with Crippen LogP contribution in [-0.2, 0) is 9.59 Å². The van der Waals surface area contributed by atoms with Gasteiger partial charge in [0.15, 0.2) is 0 Å². The van der Waals surface area contributed by atoms with E-state index in [1.54, 1.807) is 6.08 Å². The van der Waals surface area contributed by atoms with Crippen molar-refractivity contribution in [1.82, 2.24) is 15.1 Å². The fourth-order valence-corrected chi connectivity index (χ4v) is 4.61. The number of nitrogens with one attached hydrogen (secondary N) is 1. The quantitative estimate of drug-likeness (QED) is 0.750. The second kappa shape index (κ2) is 9.31. The van der Waals surface area contributed by atoms with Crippen LogP contribution in [0.3, 0.4) is 0 Å². The molecule has 0 atom stereocenters. The molecule has 2 amide bonds. The number of likely N-dealkylation sites (tertiary alicyclic amines) is 2. The van der Waals surface area contributed by atoms with Crippen molar-refractivity contribution in [1.29, 1.82) is 0 Å². The van der Waals surface area contributed by atoms with Crippen LogP contribution >= 0.6 is 11.6 Å². The molecule has 1 saturated carbocycles. The van der Waals surface area contributed by atoms with E-state index < -0.39 is 0 Å². The third-order valence-corrected chi connectivity index (χ3v) is 6.62. The van der Waals surface area contributed by atoms with E-state index in [-0.39, 0.29) is 17.7 Å². The predicted molar refractivity (Wildman–Crippen MR) is 116 cm³/mol. The molecule has 2 aliphatic heterocycles. The first-order chi connectivity index (χ1) is 14.1. The molecule has 156 valence electrons. The molecule has 3 aliphatic rings. The summed E-state index contributed by atoms with van der Waals surface area (Å²) >= 11 is 5.99. The van der Waals surface area contributed by atoms with Gasteiger partial charge in [0.1, 0.15) is 0 Å². The van der Waals surface area contributed by atoms with Crippen LogP contribution in [0.1, 0.15) is 44.1 Å². The van der Waals surface area contributed by atoms with Gasteiger partial charge in [0.2, 0.25) is 11.8 Å². The van der Waals surface area contributed by atoms with Gasteiger partial charge < -0.3 is 15.1 Å². The molecule has 3 fully saturated rings. The van der Waals surface area contributed by atoms with Crippen LogP contribution in [0.2, 0.25) is 5.02 Å². The minimum Gasteiger partial charge on any atom is -0.353 e. The standard InChI is InChI=1S/C23H30ClN3O2/c24-19-3-1-2-17(16-19)4-7-22(28)27-14-10-21(11-15-27)26-12-8-18(9-13-26)23(29)25-20-5-6-20/h1-4,7,16,18,20-21H,5-6,8-15H2,(H,25,29)/b7-4+. The Balaban J connectivity index is 1.20. The van der Waals surface area contributed by atoms with E-state index in [0.717, 1.165) is 70.3 Å². The molecular formula is C23H30ClN3O2. The number of carbonyl (C=O) groups excluding carboxylic acids is 2. The lowest BCUT2D eigenvalue weighted by molar-refractivity contribution is -0.129. The SMILES string of the molecule is O=C(NC1CC1)C1CCN(C2CCN(C(=O)/C=C/c3cccc(Cl)c3)CC2)CC1. The maximum Gasteiger partial charge on any atom is 0.246 e. The number of carbonyl (C=O) groups is 2. The summed E-state index contributed by atoms with van der Waals surface area (Å²) in [6.07, 6.45) is 9.71. The largest absolute Gasteiger partial charge is 0.353 e. The molecule has 0 bridgehead atoms. The van der Waals surface area contributed by atoms with Gasteiger partial charge in [0.05, 0.1) is 0 Å². The molecule has 0 unspecified atom stereocenters. The highest BCUT2D eigenvalue weighted by atomic mass is 35.5. The molecule has 1 aliphatic carbocycles. The average molecular weight is 416 g/mol. The Morgan fingerprint density at radius 3 is 2.38 bits per heavy atom. The summed E-state index contributed by atoms with van der Waals surface area (Å²) < 4.78 is 0. The highest BCUT2D eigenvalue weighted by Gasteiger charge is 2.33. The fourth-order valence-electron chi connectivity index (χ4n) is 4.41. The fraction of sp³-hybridized carbons (Fsp3) is 0.565. The lowest BCUT2D eigenvalue weighted by Crippen LogP contribution is -2.50. The van der Waals surface area contributed by atoms with Crippen LogP contribution < -0.4 is 5.32 Å². The van der Waals surface area contributed by atoms with E-state index in [4.69, 9.17) is 11.6 Å². The Bertz CT molecular complexity index is 761. The van der Waals surface area contributed by atoms with Gasteiger partial charge >= 0.3 is 0 Å². The van der Waals surface area contributed by atoms with Crippen molar-refractivity contribution >= 4 is 29.5 Å². The van der Waals surface area contributed by atoms with Gasteiger partial charge in [-0.25, -0.2) is 0 Å². The summed E-state index contributed by atoms with van der Waals surface area (Å²) in [4.78, 5) is 29.2. The highest BCUT2D eigenvalue weighted by molar-refractivity contribution is 6.30. The number of benzene rings is 1. The van der Waals surface area contributed by atoms with E-state index in [9.17, 15) is 9.59 Å². The van der Waals surface area contributed by atoms with Crippen LogP contribution in [0.4, 0.5) is 0 Å². The summed E-state index contributed by atoms with van der Waals surface area (Å²) in [5.74, 6) is 0.517. The van der Waals surface area contributed by atoms with Crippen molar-refractivity contribution in [2.24, 2.45) is 5.92 Å². The van der Waals surface area contributed by atoms with Gasteiger partial charge in [0.25, 0.3) is 0 Å². The zero-order chi connectivity index (χ0) is 20.2. The van der Waals surface area contributed by atoms with Crippen molar-refractivity contribution in [3.8, 4) is 0 Å². The molecule has 0 radical (unpaired) electrons. The molecule has 6 heteroatoms. The van der Waals surface area contributed by atoms with Crippen LogP contribution in [-0.4, -0.2) is 59.9 Å². The molecule has 1 aromatic rings. The lowest BCUT2D eigenvalue weighted by atomic mass is 9.92. The number of rotatable bonds is 5. The molecule has 1 N–H and O–H groups in total. The van der Waals surface area contributed by atoms with Crippen LogP contribution in [0.25, 0.3) is 6.08 Å². The maximum atomic E-state index is 12.5. The Labute approximate surface area is 178 Å². The number of piperidine rings is 2. The number of amides is 2. The Morgan fingerprint density at radius 2 is 1.72 bits per heavy atom. The van der Waals surface area contributed by atoms with E-state index in [1.165, 1.54) is 0 Å². The van der Waals surface area contributed by atoms with Crippen molar-refractivity contribution < 1.29 is 9.59 Å². The Morgan fingerprint density at radius 1 is 1.00 bits per heavy atom. The minimum atomic E-state index is 0.0684. The van der Waals surface area contributed by atoms with Crippen LogP contribution in [0, 0.1) is 5.92 Å². The Kier molecular flexibility index (Phi) is 6.56. The van der Waals surface area contributed by atoms with Gasteiger partial charge in [-0.2, -0.15) is 0 Å². The number of halogens is 1. The first-order valence-corrected chi connectivity index (χ1v) is 11.2. The van der Waals surface area contributed by atoms with Crippen molar-refractivity contribution in [2.75, 3.05) is 26.2 Å². The van der Waals surface area contributed by atoms with Gasteiger partial charge in [-0.1, -0.05) is 23.7 Å². The van der Waals surface area contributed by atoms with E-state index in [2.05, 4.69) is 10.2 Å². The van der Waals surface area contributed by atoms with Crippen LogP contribution in [0.15, 0.2) is 30.3 Å². The van der Waals surface area contributed by atoms with Crippen molar-refractivity contribution in [2.45, 2.75) is 50.6 Å². The molecule has 0 spiro atoms. The van der Waals surface area contributed by atoms with Gasteiger partial charge in [-0.05, 0) is 75.4 Å². The van der Waals surface area contributed by atoms with E-state index in [0.29, 0.717) is 17.1 Å². The highest BCUT2D eigenvalue weighted by Crippen LogP contribution is 2.26. The summed E-state index contributed by atoms with van der Waals surface area (Å²) in [6.45, 7) is 3.59. The molecule has 0 aromatic heterocycles. The van der Waals surface area contributed by atoms with Gasteiger partial charge in [0, 0.05) is 42.2 Å². The van der Waals surface area contributed by atoms with E-state index in [1.807, 2.05) is 35.2 Å². The monoisotopic (exact) mass is 415 g/mol. The predicted octanol–water partition coefficient (Wildman–Crippen LogP) is 3.33. The zero-order valence-corrected chi connectivity index (χ0v) is 17.6. The second-order valence-electron chi connectivity index (χ2n) is 8.54. The third-order valence-electron chi connectivity index (χ3n) is 6.38. The molecular weight excluding hydrogens is 386 g/mol. The number of hydrogen-bond donors (Lipinski definition) is 1. The second-order valence-corrected chi connectivity index (χ2v) is 8.97. The number of nitrogens with zero attached hydrogens (tertiary/aromatic N) is 2. The van der Waals surface area contributed by atoms with Crippen LogP contribution in [0.5, 0.6) is 0 Å². The molecule has 29 heavy (non-hydrogen) atoms. The summed E-state index contributed by atoms with van der Waals surface area (Å²) in [6, 6.07) is 8.49. The van der Waals surface area contributed by atoms with Gasteiger partial charge in [-0.15, -0.1) is 0 Å². The average Bonchev–Trinajstić information content (AvgIpc) is 3.56. The minimum absolute atomic E-state index is 0.0684. The summed E-state index contributed by atoms with van der Waals surface area (Å²) in [5.41, 5.74) is 0.939.